The molecule has 5 nitrogen and oxygen atoms in total. The number of benzene rings is 1. The number of nitro groups is 1. The fourth-order valence-corrected chi connectivity index (χ4v) is 0.550. The molecule has 0 atom stereocenters. The summed E-state index contributed by atoms with van der Waals surface area (Å²) in [4.78, 5) is 9.59. The summed E-state index contributed by atoms with van der Waals surface area (Å²) >= 11 is 0. The second-order valence-corrected chi connectivity index (χ2v) is 1.59. The Bertz CT molecular complexity index is 255. The first-order valence-corrected chi connectivity index (χ1v) is 2.70. The van der Waals surface area contributed by atoms with Gasteiger partial charge in [-0.2, -0.15) is 0 Å². The fraction of sp³-hybridized carbons (Fsp3) is 0. The van der Waals surface area contributed by atoms with Crippen LogP contribution in [0.5, 0.6) is 0 Å². The van der Waals surface area contributed by atoms with Gasteiger partial charge in [0.15, 0.2) is 0 Å². The van der Waals surface area contributed by atoms with Crippen LogP contribution in [0.1, 0.15) is 1.43 Å². The SMILES string of the molecule is N#N.O=[N+]([O-])c1ccccc1.[H-].[Na+]. The molecule has 0 aromatic heterocycles. The summed E-state index contributed by atoms with van der Waals surface area (Å²) in [6, 6.07) is 7.93. The smallest absolute Gasteiger partial charge is 1.00 e. The number of hydrogen-bond acceptors (Lipinski definition) is 4. The van der Waals surface area contributed by atoms with E-state index in [0.717, 1.165) is 0 Å². The van der Waals surface area contributed by atoms with Gasteiger partial charge in [-0.3, -0.25) is 10.1 Å². The van der Waals surface area contributed by atoms with Crippen molar-refractivity contribution in [3.8, 4) is 0 Å². The predicted octanol–water partition coefficient (Wildman–Crippen LogP) is -1.26. The monoisotopic (exact) mass is 175 g/mol. The van der Waals surface area contributed by atoms with Gasteiger partial charge < -0.3 is 1.43 Å². The minimum Gasteiger partial charge on any atom is -1.00 e. The fourth-order valence-electron chi connectivity index (χ4n) is 0.550. The maximum absolute atomic E-state index is 10.0. The average Bonchev–Trinajstić information content (AvgIpc) is 2.10. The first kappa shape index (κ1) is 13.6. The Morgan fingerprint density at radius 2 is 1.67 bits per heavy atom. The Balaban J connectivity index is -0.000000234. The molecule has 0 saturated heterocycles. The summed E-state index contributed by atoms with van der Waals surface area (Å²) in [6.07, 6.45) is 0. The minimum atomic E-state index is -0.417. The zero-order valence-corrected chi connectivity index (χ0v) is 8.54. The molecule has 0 bridgehead atoms. The molecule has 0 saturated carbocycles. The van der Waals surface area contributed by atoms with E-state index in [1.165, 1.54) is 12.1 Å². The molecule has 0 spiro atoms. The number of para-hydroxylation sites is 1. The van der Waals surface area contributed by atoms with Crippen LogP contribution in [0.15, 0.2) is 30.3 Å². The molecule has 0 heterocycles. The summed E-state index contributed by atoms with van der Waals surface area (Å²) < 4.78 is 0. The van der Waals surface area contributed by atoms with Gasteiger partial charge in [0.05, 0.1) is 4.92 Å². The van der Waals surface area contributed by atoms with Crippen molar-refractivity contribution in [1.29, 1.82) is 10.8 Å². The molecule has 0 unspecified atom stereocenters. The van der Waals surface area contributed by atoms with E-state index in [0.29, 0.717) is 0 Å². The van der Waals surface area contributed by atoms with Crippen molar-refractivity contribution in [3.63, 3.8) is 0 Å². The van der Waals surface area contributed by atoms with E-state index < -0.39 is 4.92 Å². The van der Waals surface area contributed by atoms with Crippen LogP contribution in [0, 0.1) is 20.9 Å². The number of rotatable bonds is 1. The standard InChI is InChI=1S/C6H5NO2.N2.Na.H/c8-7(9)6-4-2-1-3-5-6;1-2;;/h1-5H;;;/q;;+1;-1. The number of nitro benzene ring substituents is 1. The van der Waals surface area contributed by atoms with Gasteiger partial charge in [-0.1, -0.05) is 18.2 Å². The maximum Gasteiger partial charge on any atom is 1.00 e. The van der Waals surface area contributed by atoms with Gasteiger partial charge in [-0.05, 0) is 0 Å². The first-order valence-electron chi connectivity index (χ1n) is 2.70. The van der Waals surface area contributed by atoms with Gasteiger partial charge >= 0.3 is 29.6 Å². The van der Waals surface area contributed by atoms with E-state index in [-0.39, 0.29) is 36.7 Å². The number of hydrogen-bond donors (Lipinski definition) is 0. The largest absolute Gasteiger partial charge is 1.00 e. The Hall–Kier alpha value is -0.960. The van der Waals surface area contributed by atoms with Gasteiger partial charge in [0.1, 0.15) is 0 Å². The average molecular weight is 175 g/mol. The molecule has 0 amide bonds. The first-order chi connectivity index (χ1) is 5.30. The molecule has 12 heavy (non-hydrogen) atoms. The van der Waals surface area contributed by atoms with E-state index in [9.17, 15) is 10.1 Å². The topological polar surface area (TPSA) is 90.7 Å². The number of non-ortho nitro benzene ring substituents is 1. The van der Waals surface area contributed by atoms with Crippen LogP contribution in [0.2, 0.25) is 0 Å². The van der Waals surface area contributed by atoms with E-state index in [4.69, 9.17) is 10.8 Å². The molecule has 0 radical (unpaired) electrons. The van der Waals surface area contributed by atoms with E-state index in [1.807, 2.05) is 0 Å². The van der Waals surface area contributed by atoms with Gasteiger partial charge in [0, 0.05) is 22.9 Å². The third-order valence-corrected chi connectivity index (χ3v) is 0.967. The van der Waals surface area contributed by atoms with Crippen LogP contribution >= 0.6 is 0 Å². The zero-order chi connectivity index (χ0) is 8.69. The molecule has 0 aliphatic carbocycles. The predicted molar refractivity (Wildman–Crippen MR) is 37.7 cm³/mol. The minimum absolute atomic E-state index is 0. The normalized spacial score (nSPS) is 6.83. The summed E-state index contributed by atoms with van der Waals surface area (Å²) in [7, 11) is 0. The van der Waals surface area contributed by atoms with Gasteiger partial charge in [-0.15, -0.1) is 0 Å². The van der Waals surface area contributed by atoms with Crippen LogP contribution < -0.4 is 29.6 Å². The van der Waals surface area contributed by atoms with Gasteiger partial charge in [0.25, 0.3) is 5.69 Å². The van der Waals surface area contributed by atoms with Crippen molar-refractivity contribution in [2.75, 3.05) is 0 Å². The van der Waals surface area contributed by atoms with Crippen LogP contribution in [-0.4, -0.2) is 4.92 Å². The molecule has 58 valence electrons. The second-order valence-electron chi connectivity index (χ2n) is 1.59. The molecule has 0 fully saturated rings. The number of nitrogens with zero attached hydrogens (tertiary/aromatic N) is 3. The van der Waals surface area contributed by atoms with Crippen molar-refractivity contribution in [2.45, 2.75) is 0 Å². The van der Waals surface area contributed by atoms with Crippen LogP contribution in [0.4, 0.5) is 5.69 Å². The third-order valence-electron chi connectivity index (χ3n) is 0.967. The Kier molecular flexibility index (Phi) is 9.24. The summed E-state index contributed by atoms with van der Waals surface area (Å²) in [5.74, 6) is 0. The van der Waals surface area contributed by atoms with Crippen molar-refractivity contribution < 1.29 is 35.9 Å². The molecule has 0 aliphatic rings. The summed E-state index contributed by atoms with van der Waals surface area (Å²) in [5, 5.41) is 22.0. The Labute approximate surface area is 92.7 Å². The molecular weight excluding hydrogens is 169 g/mol. The van der Waals surface area contributed by atoms with Crippen LogP contribution in [-0.2, 0) is 0 Å². The van der Waals surface area contributed by atoms with Crippen molar-refractivity contribution in [2.24, 2.45) is 0 Å². The van der Waals surface area contributed by atoms with Crippen molar-refractivity contribution in [1.82, 2.24) is 0 Å². The van der Waals surface area contributed by atoms with Gasteiger partial charge in [-0.25, -0.2) is 0 Å². The van der Waals surface area contributed by atoms with Gasteiger partial charge in [0.2, 0.25) is 0 Å². The van der Waals surface area contributed by atoms with E-state index in [1.54, 1.807) is 18.2 Å². The summed E-state index contributed by atoms with van der Waals surface area (Å²) in [5.41, 5.74) is 0.137. The Morgan fingerprint density at radius 1 is 1.25 bits per heavy atom. The quantitative estimate of drug-likeness (QED) is 0.230. The molecule has 1 rings (SSSR count). The molecule has 1 aromatic rings. The zero-order valence-electron chi connectivity index (χ0n) is 7.54. The van der Waals surface area contributed by atoms with Crippen molar-refractivity contribution in [3.05, 3.63) is 40.4 Å². The second kappa shape index (κ2) is 8.14. The molecule has 1 aromatic carbocycles. The van der Waals surface area contributed by atoms with Crippen molar-refractivity contribution >= 4 is 5.69 Å². The van der Waals surface area contributed by atoms with E-state index >= 15 is 0 Å². The van der Waals surface area contributed by atoms with Crippen LogP contribution in [0.25, 0.3) is 0 Å². The molecule has 0 aliphatic heterocycles. The third kappa shape index (κ3) is 4.79. The Morgan fingerprint density at radius 3 is 1.92 bits per heavy atom. The molecular formula is C6H6N3NaO2. The summed E-state index contributed by atoms with van der Waals surface area (Å²) in [6.45, 7) is 0. The molecule has 0 N–H and O–H groups in total. The van der Waals surface area contributed by atoms with E-state index in [2.05, 4.69) is 0 Å². The molecule has 6 heteroatoms. The maximum atomic E-state index is 10.0. The van der Waals surface area contributed by atoms with Crippen LogP contribution in [0.3, 0.4) is 0 Å².